The van der Waals surface area contributed by atoms with E-state index in [9.17, 15) is 4.79 Å². The molecule has 0 heterocycles. The van der Waals surface area contributed by atoms with Gasteiger partial charge in [0.15, 0.2) is 5.78 Å². The summed E-state index contributed by atoms with van der Waals surface area (Å²) in [6.45, 7) is 3.66. The smallest absolute Gasteiger partial charge is 0.160 e. The molecule has 3 N–H and O–H groups in total. The van der Waals surface area contributed by atoms with Gasteiger partial charge in [-0.1, -0.05) is 6.07 Å². The van der Waals surface area contributed by atoms with Crippen LogP contribution in [0.3, 0.4) is 0 Å². The lowest BCUT2D eigenvalue weighted by Gasteiger charge is -2.20. The van der Waals surface area contributed by atoms with Crippen molar-refractivity contribution in [2.45, 2.75) is 39.2 Å². The summed E-state index contributed by atoms with van der Waals surface area (Å²) in [5.41, 5.74) is 8.85. The summed E-state index contributed by atoms with van der Waals surface area (Å²) in [5, 5.41) is 0. The molecule has 0 aromatic heterocycles. The number of carbonyl (C=O) groups excluding carboxylic acids is 1. The predicted molar refractivity (Wildman–Crippen MR) is 59.9 cm³/mol. The van der Waals surface area contributed by atoms with Crippen LogP contribution in [0.4, 0.5) is 0 Å². The van der Waals surface area contributed by atoms with Crippen LogP contribution >= 0.6 is 0 Å². The first-order chi connectivity index (χ1) is 7.08. The zero-order valence-corrected chi connectivity index (χ0v) is 9.47. The van der Waals surface area contributed by atoms with Crippen molar-refractivity contribution in [2.75, 3.05) is 0 Å². The van der Waals surface area contributed by atoms with Crippen LogP contribution in [0.25, 0.3) is 0 Å². The lowest BCUT2D eigenvalue weighted by Crippen LogP contribution is -2.62. The van der Waals surface area contributed by atoms with E-state index >= 15 is 0 Å². The number of ketones is 1. The van der Waals surface area contributed by atoms with Gasteiger partial charge >= 0.3 is 0 Å². The molecule has 15 heavy (non-hydrogen) atoms. The standard InChI is InChI=1S/C13H17NO/c1-8-5-10-3-4-12(14)6-11(10)7-13(8)9(2)15/h5,7,12H,3-4,6,14H2,1-2H3/p+1. The van der Waals surface area contributed by atoms with E-state index in [1.165, 1.54) is 17.5 Å². The molecule has 0 saturated carbocycles. The number of hydrogen-bond donors (Lipinski definition) is 1. The summed E-state index contributed by atoms with van der Waals surface area (Å²) in [6, 6.07) is 4.77. The van der Waals surface area contributed by atoms with Crippen molar-refractivity contribution in [3.8, 4) is 0 Å². The van der Waals surface area contributed by atoms with Crippen LogP contribution in [0.5, 0.6) is 0 Å². The average molecular weight is 204 g/mol. The van der Waals surface area contributed by atoms with Crippen LogP contribution in [0.1, 0.15) is 40.4 Å². The molecule has 2 heteroatoms. The third-order valence-electron chi connectivity index (χ3n) is 3.26. The van der Waals surface area contributed by atoms with Gasteiger partial charge in [0, 0.05) is 18.4 Å². The van der Waals surface area contributed by atoms with E-state index in [1.54, 1.807) is 6.92 Å². The number of aryl methyl sites for hydroxylation is 2. The van der Waals surface area contributed by atoms with Crippen LogP contribution < -0.4 is 5.73 Å². The fourth-order valence-corrected chi connectivity index (χ4v) is 2.39. The Morgan fingerprint density at radius 1 is 1.40 bits per heavy atom. The van der Waals surface area contributed by atoms with E-state index in [2.05, 4.69) is 17.9 Å². The van der Waals surface area contributed by atoms with Gasteiger partial charge in [0.1, 0.15) is 0 Å². The fraction of sp³-hybridized carbons (Fsp3) is 0.462. The maximum absolute atomic E-state index is 11.4. The van der Waals surface area contributed by atoms with Crippen molar-refractivity contribution in [2.24, 2.45) is 0 Å². The number of hydrogen-bond acceptors (Lipinski definition) is 1. The molecule has 2 nitrogen and oxygen atoms in total. The molecule has 0 aliphatic heterocycles. The van der Waals surface area contributed by atoms with Gasteiger partial charge < -0.3 is 5.73 Å². The number of benzene rings is 1. The Morgan fingerprint density at radius 2 is 2.13 bits per heavy atom. The van der Waals surface area contributed by atoms with Crippen molar-refractivity contribution in [3.05, 3.63) is 34.4 Å². The van der Waals surface area contributed by atoms with E-state index in [0.29, 0.717) is 6.04 Å². The highest BCUT2D eigenvalue weighted by molar-refractivity contribution is 5.95. The minimum atomic E-state index is 0.168. The molecule has 1 aromatic carbocycles. The molecule has 0 spiro atoms. The van der Waals surface area contributed by atoms with Gasteiger partial charge in [0.05, 0.1) is 6.04 Å². The van der Waals surface area contributed by atoms with Crippen molar-refractivity contribution < 1.29 is 10.5 Å². The number of carbonyl (C=O) groups is 1. The van der Waals surface area contributed by atoms with Crippen LogP contribution in [0.2, 0.25) is 0 Å². The van der Waals surface area contributed by atoms with Crippen LogP contribution in [0, 0.1) is 6.92 Å². The first-order valence-corrected chi connectivity index (χ1v) is 5.54. The summed E-state index contributed by atoms with van der Waals surface area (Å²) in [7, 11) is 0. The molecule has 0 bridgehead atoms. The van der Waals surface area contributed by atoms with Gasteiger partial charge in [-0.2, -0.15) is 0 Å². The van der Waals surface area contributed by atoms with Crippen molar-refractivity contribution in [3.63, 3.8) is 0 Å². The first-order valence-electron chi connectivity index (χ1n) is 5.54. The molecule has 1 atom stereocenters. The van der Waals surface area contributed by atoms with Crippen LogP contribution in [-0.4, -0.2) is 11.8 Å². The summed E-state index contributed by atoms with van der Waals surface area (Å²) in [5.74, 6) is 0.168. The average Bonchev–Trinajstić information content (AvgIpc) is 2.17. The maximum Gasteiger partial charge on any atom is 0.160 e. The van der Waals surface area contributed by atoms with Crippen LogP contribution in [-0.2, 0) is 12.8 Å². The molecule has 80 valence electrons. The van der Waals surface area contributed by atoms with E-state index < -0.39 is 0 Å². The number of rotatable bonds is 1. The van der Waals surface area contributed by atoms with Crippen molar-refractivity contribution in [1.82, 2.24) is 0 Å². The second-order valence-electron chi connectivity index (χ2n) is 4.60. The van der Waals surface area contributed by atoms with Gasteiger partial charge in [-0.25, -0.2) is 0 Å². The molecule has 1 aliphatic carbocycles. The second-order valence-corrected chi connectivity index (χ2v) is 4.60. The van der Waals surface area contributed by atoms with Gasteiger partial charge in [-0.15, -0.1) is 0 Å². The van der Waals surface area contributed by atoms with E-state index in [-0.39, 0.29) is 5.78 Å². The normalized spacial score (nSPS) is 19.8. The third-order valence-corrected chi connectivity index (χ3v) is 3.26. The van der Waals surface area contributed by atoms with E-state index in [1.807, 2.05) is 6.92 Å². The van der Waals surface area contributed by atoms with Gasteiger partial charge in [-0.3, -0.25) is 4.79 Å². The Bertz CT molecular complexity index is 409. The summed E-state index contributed by atoms with van der Waals surface area (Å²) in [6.07, 6.45) is 3.31. The Balaban J connectivity index is 2.47. The zero-order chi connectivity index (χ0) is 11.0. The van der Waals surface area contributed by atoms with Crippen LogP contribution in [0.15, 0.2) is 12.1 Å². The zero-order valence-electron chi connectivity index (χ0n) is 9.47. The quantitative estimate of drug-likeness (QED) is 0.688. The van der Waals surface area contributed by atoms with Crippen molar-refractivity contribution >= 4 is 5.78 Å². The third kappa shape index (κ3) is 1.95. The number of quaternary nitrogens is 1. The second kappa shape index (κ2) is 3.78. The molecular formula is C13H18NO+. The molecule has 2 rings (SSSR count). The number of Topliss-reactive ketones (excluding diaryl/α,β-unsaturated/α-hetero) is 1. The molecule has 0 saturated heterocycles. The van der Waals surface area contributed by atoms with Gasteiger partial charge in [0.25, 0.3) is 0 Å². The van der Waals surface area contributed by atoms with E-state index in [4.69, 9.17) is 0 Å². The highest BCUT2D eigenvalue weighted by Gasteiger charge is 2.19. The highest BCUT2D eigenvalue weighted by atomic mass is 16.1. The molecule has 1 unspecified atom stereocenters. The van der Waals surface area contributed by atoms with Gasteiger partial charge in [0.2, 0.25) is 0 Å². The maximum atomic E-state index is 11.4. The molecule has 0 radical (unpaired) electrons. The Morgan fingerprint density at radius 3 is 2.80 bits per heavy atom. The SMILES string of the molecule is CC(=O)c1cc2c(cc1C)CCC([NH3+])C2. The number of fused-ring (bicyclic) bond motifs is 1. The molecule has 0 fully saturated rings. The van der Waals surface area contributed by atoms with E-state index in [0.717, 1.165) is 24.0 Å². The molecule has 1 aromatic rings. The minimum absolute atomic E-state index is 0.168. The predicted octanol–water partition coefficient (Wildman–Crippen LogP) is 1.30. The topological polar surface area (TPSA) is 44.7 Å². The first kappa shape index (κ1) is 10.4. The Hall–Kier alpha value is -1.15. The highest BCUT2D eigenvalue weighted by Crippen LogP contribution is 2.24. The molecule has 1 aliphatic rings. The summed E-state index contributed by atoms with van der Waals surface area (Å²) < 4.78 is 0. The summed E-state index contributed by atoms with van der Waals surface area (Å²) >= 11 is 0. The Kier molecular flexibility index (Phi) is 2.61. The fourth-order valence-electron chi connectivity index (χ4n) is 2.39. The Labute approximate surface area is 90.5 Å². The van der Waals surface area contributed by atoms with Gasteiger partial charge in [-0.05, 0) is 43.0 Å². The van der Waals surface area contributed by atoms with Crippen molar-refractivity contribution in [1.29, 1.82) is 0 Å². The minimum Gasteiger partial charge on any atom is -0.355 e. The summed E-state index contributed by atoms with van der Waals surface area (Å²) in [4.78, 5) is 11.4. The molecular weight excluding hydrogens is 186 g/mol. The lowest BCUT2D eigenvalue weighted by atomic mass is 9.85. The monoisotopic (exact) mass is 204 g/mol. The largest absolute Gasteiger partial charge is 0.355 e. The molecule has 0 amide bonds. The lowest BCUT2D eigenvalue weighted by molar-refractivity contribution is -0.421.